The fourth-order valence-electron chi connectivity index (χ4n) is 8.61. The van der Waals surface area contributed by atoms with Crippen molar-refractivity contribution in [1.82, 2.24) is 14.5 Å². The summed E-state index contributed by atoms with van der Waals surface area (Å²) in [7, 11) is 0. The summed E-state index contributed by atoms with van der Waals surface area (Å²) >= 11 is -3.72. The number of furan rings is 1. The average Bonchev–Trinajstić information content (AvgIpc) is 3.85. The van der Waals surface area contributed by atoms with Gasteiger partial charge < -0.3 is 0 Å². The molecule has 0 aliphatic carbocycles. The fourth-order valence-corrected chi connectivity index (χ4v) is 19.1. The molecular weight excluding hydrogens is 683 g/mol. The molecule has 4 heterocycles. The van der Waals surface area contributed by atoms with Crippen molar-refractivity contribution in [3.63, 3.8) is 0 Å². The molecule has 51 heavy (non-hydrogen) atoms. The Morgan fingerprint density at radius 1 is 0.490 bits per heavy atom. The van der Waals surface area contributed by atoms with E-state index in [4.69, 9.17) is 14.4 Å². The van der Waals surface area contributed by atoms with Crippen LogP contribution in [0.1, 0.15) is 0 Å². The zero-order chi connectivity index (χ0) is 33.5. The molecule has 0 spiro atoms. The van der Waals surface area contributed by atoms with Crippen LogP contribution in [0.25, 0.3) is 72.1 Å². The van der Waals surface area contributed by atoms with Gasteiger partial charge in [-0.2, -0.15) is 0 Å². The molecule has 7 aromatic carbocycles. The van der Waals surface area contributed by atoms with E-state index in [2.05, 4.69) is 174 Å². The van der Waals surface area contributed by atoms with E-state index < -0.39 is 13.3 Å². The molecule has 11 rings (SSSR count). The van der Waals surface area contributed by atoms with Gasteiger partial charge in [0.2, 0.25) is 0 Å². The molecular formula is C46H29GeN3O. The van der Waals surface area contributed by atoms with Gasteiger partial charge in [-0.25, -0.2) is 0 Å². The molecule has 10 aromatic rings. The normalized spacial score (nSPS) is 13.3. The standard InChI is InChI=1S/C46H29GeN3O/c1-4-16-30(17-5-1)45-48-44-42(35-23-10-13-25-37(35)47(44,31-18-6-2-7-19-31)32-20-8-3-9-21-32)46(49-45)50-38-26-14-11-22-33(38)34-28-29-40-41(43(34)50)36-24-12-15-27-39(36)51-40/h1-29H. The second kappa shape index (κ2) is 10.9. The van der Waals surface area contributed by atoms with Crippen LogP contribution in [-0.4, -0.2) is 27.8 Å². The van der Waals surface area contributed by atoms with Crippen LogP contribution in [0.15, 0.2) is 180 Å². The molecule has 1 aliphatic heterocycles. The van der Waals surface area contributed by atoms with Gasteiger partial charge >= 0.3 is 298 Å². The van der Waals surface area contributed by atoms with Crippen molar-refractivity contribution in [3.8, 4) is 28.3 Å². The predicted octanol–water partition coefficient (Wildman–Crippen LogP) is 8.50. The van der Waals surface area contributed by atoms with Crippen molar-refractivity contribution in [2.24, 2.45) is 0 Å². The third-order valence-corrected chi connectivity index (χ3v) is 20.6. The first-order valence-electron chi connectivity index (χ1n) is 17.3. The van der Waals surface area contributed by atoms with Crippen LogP contribution < -0.4 is 17.7 Å². The summed E-state index contributed by atoms with van der Waals surface area (Å²) in [5.41, 5.74) is 7.27. The van der Waals surface area contributed by atoms with Gasteiger partial charge in [0, 0.05) is 0 Å². The molecule has 0 saturated heterocycles. The van der Waals surface area contributed by atoms with Gasteiger partial charge in [-0.1, -0.05) is 0 Å². The quantitative estimate of drug-likeness (QED) is 0.172. The number of hydrogen-bond donors (Lipinski definition) is 0. The molecule has 0 radical (unpaired) electrons. The molecule has 5 heteroatoms. The monoisotopic (exact) mass is 713 g/mol. The van der Waals surface area contributed by atoms with Crippen molar-refractivity contribution >= 4 is 74.7 Å². The van der Waals surface area contributed by atoms with Crippen molar-refractivity contribution in [3.05, 3.63) is 176 Å². The van der Waals surface area contributed by atoms with Crippen LogP contribution in [0.5, 0.6) is 0 Å². The Labute approximate surface area is 296 Å². The van der Waals surface area contributed by atoms with Crippen LogP contribution in [0.3, 0.4) is 0 Å². The number of benzene rings is 7. The minimum absolute atomic E-state index is 0.731. The van der Waals surface area contributed by atoms with Gasteiger partial charge in [0.15, 0.2) is 0 Å². The molecule has 0 unspecified atom stereocenters. The summed E-state index contributed by atoms with van der Waals surface area (Å²) < 4.78 is 14.2. The first-order chi connectivity index (χ1) is 25.3. The molecule has 0 fully saturated rings. The van der Waals surface area contributed by atoms with E-state index in [-0.39, 0.29) is 0 Å². The second-order valence-electron chi connectivity index (χ2n) is 13.3. The maximum absolute atomic E-state index is 6.50. The van der Waals surface area contributed by atoms with Crippen molar-refractivity contribution in [2.45, 2.75) is 0 Å². The summed E-state index contributed by atoms with van der Waals surface area (Å²) in [6, 6.07) is 63.1. The van der Waals surface area contributed by atoms with E-state index in [1.165, 1.54) is 29.5 Å². The topological polar surface area (TPSA) is 43.9 Å². The van der Waals surface area contributed by atoms with Crippen molar-refractivity contribution in [1.29, 1.82) is 0 Å². The van der Waals surface area contributed by atoms with E-state index in [9.17, 15) is 0 Å². The van der Waals surface area contributed by atoms with Crippen LogP contribution >= 0.6 is 0 Å². The van der Waals surface area contributed by atoms with Crippen molar-refractivity contribution < 1.29 is 4.42 Å². The Bertz CT molecular complexity index is 2930. The predicted molar refractivity (Wildman–Crippen MR) is 212 cm³/mol. The first-order valence-corrected chi connectivity index (χ1v) is 21.5. The summed E-state index contributed by atoms with van der Waals surface area (Å²) in [5, 5.41) is 4.54. The SMILES string of the molecule is c1ccc(-c2nc(-n3c4ccccc4c4ccc5oc6ccccc6c5c43)c3[c](n2)[Ge]([c]2ccccc2)([c]2ccccc2)[c]2ccccc2-3)cc1. The Hall–Kier alpha value is -6.24. The number of aromatic nitrogens is 3. The van der Waals surface area contributed by atoms with Gasteiger partial charge in [0.05, 0.1) is 0 Å². The molecule has 0 bridgehead atoms. The molecule has 0 amide bonds. The number of hydrogen-bond acceptors (Lipinski definition) is 3. The summed E-state index contributed by atoms with van der Waals surface area (Å²) in [5.74, 6) is 1.63. The zero-order valence-corrected chi connectivity index (χ0v) is 29.6. The van der Waals surface area contributed by atoms with Crippen LogP contribution in [0.4, 0.5) is 0 Å². The Morgan fingerprint density at radius 2 is 1.12 bits per heavy atom. The van der Waals surface area contributed by atoms with Gasteiger partial charge in [0.1, 0.15) is 0 Å². The van der Waals surface area contributed by atoms with Crippen LogP contribution in [0, 0.1) is 0 Å². The van der Waals surface area contributed by atoms with E-state index >= 15 is 0 Å². The average molecular weight is 712 g/mol. The summed E-state index contributed by atoms with van der Waals surface area (Å²) in [6.07, 6.45) is 0. The third-order valence-electron chi connectivity index (χ3n) is 10.7. The second-order valence-corrected chi connectivity index (χ2v) is 21.0. The Kier molecular flexibility index (Phi) is 6.10. The molecule has 0 atom stereocenters. The van der Waals surface area contributed by atoms with E-state index in [1.807, 2.05) is 6.07 Å². The van der Waals surface area contributed by atoms with E-state index in [0.29, 0.717) is 0 Å². The Morgan fingerprint density at radius 3 is 1.88 bits per heavy atom. The molecule has 4 nitrogen and oxygen atoms in total. The minimum atomic E-state index is -3.72. The van der Waals surface area contributed by atoms with E-state index in [1.54, 1.807) is 0 Å². The molecule has 0 N–H and O–H groups in total. The molecule has 238 valence electrons. The fraction of sp³-hybridized carbons (Fsp3) is 0. The number of para-hydroxylation sites is 2. The third kappa shape index (κ3) is 3.91. The van der Waals surface area contributed by atoms with Crippen LogP contribution in [-0.2, 0) is 0 Å². The van der Waals surface area contributed by atoms with E-state index in [0.717, 1.165) is 60.3 Å². The maximum atomic E-state index is 6.50. The summed E-state index contributed by atoms with van der Waals surface area (Å²) in [6.45, 7) is 0. The van der Waals surface area contributed by atoms with Gasteiger partial charge in [-0.3, -0.25) is 0 Å². The molecule has 3 aromatic heterocycles. The number of rotatable bonds is 4. The number of nitrogens with zero attached hydrogens (tertiary/aromatic N) is 3. The van der Waals surface area contributed by atoms with Gasteiger partial charge in [-0.15, -0.1) is 0 Å². The van der Waals surface area contributed by atoms with Gasteiger partial charge in [-0.05, 0) is 0 Å². The van der Waals surface area contributed by atoms with Crippen molar-refractivity contribution in [2.75, 3.05) is 0 Å². The zero-order valence-electron chi connectivity index (χ0n) is 27.5. The number of fused-ring (bicyclic) bond motifs is 10. The van der Waals surface area contributed by atoms with Crippen LogP contribution in [0.2, 0.25) is 0 Å². The summed E-state index contributed by atoms with van der Waals surface area (Å²) in [4.78, 5) is 11.3. The Balaban J connectivity index is 1.39. The first kappa shape index (κ1) is 28.6. The molecule has 0 saturated carbocycles. The molecule has 1 aliphatic rings. The van der Waals surface area contributed by atoms with Gasteiger partial charge in [0.25, 0.3) is 0 Å².